The molecule has 2 aliphatic rings. The summed E-state index contributed by atoms with van der Waals surface area (Å²) >= 11 is 12.0. The van der Waals surface area contributed by atoms with Crippen LogP contribution in [0.5, 0.6) is 0 Å². The molecule has 0 atom stereocenters. The molecule has 0 fully saturated rings. The quantitative estimate of drug-likeness (QED) is 0.158. The molecule has 2 aliphatic carbocycles. The van der Waals surface area contributed by atoms with Crippen molar-refractivity contribution in [1.29, 1.82) is 0 Å². The molecular weight excluding hydrogens is 1050 g/mol. The number of rotatable bonds is 4. The molecule has 0 saturated carbocycles. The molecule has 0 amide bonds. The van der Waals surface area contributed by atoms with Crippen LogP contribution in [0.4, 0.5) is 22.7 Å². The van der Waals surface area contributed by atoms with E-state index in [1.54, 1.807) is 0 Å². The zero-order valence-corrected chi connectivity index (χ0v) is 39.0. The number of hydrogen-bond donors (Lipinski definition) is 0. The zero-order chi connectivity index (χ0) is 39.3. The Morgan fingerprint density at radius 2 is 0.589 bits per heavy atom. The van der Waals surface area contributed by atoms with Crippen LogP contribution in [0, 0.1) is 27.7 Å². The number of para-hydroxylation sites is 2. The van der Waals surface area contributed by atoms with Crippen LogP contribution >= 0.6 is 56.9 Å². The summed E-state index contributed by atoms with van der Waals surface area (Å²) in [5.74, 6) is 0. The summed E-state index contributed by atoms with van der Waals surface area (Å²) in [6.45, 7) is 8.48. The molecule has 7 aromatic carbocycles. The van der Waals surface area contributed by atoms with E-state index in [2.05, 4.69) is 218 Å². The van der Waals surface area contributed by atoms with Gasteiger partial charge in [-0.25, -0.2) is 20.0 Å². The van der Waals surface area contributed by atoms with Crippen LogP contribution in [-0.4, -0.2) is 22.8 Å². The van der Waals surface area contributed by atoms with Gasteiger partial charge in [0.15, 0.2) is 0 Å². The van der Waals surface area contributed by atoms with Gasteiger partial charge in [-0.3, -0.25) is 0 Å². The van der Waals surface area contributed by atoms with Crippen LogP contribution in [0.3, 0.4) is 0 Å². The van der Waals surface area contributed by atoms with Crippen molar-refractivity contribution in [3.8, 4) is 0 Å². The van der Waals surface area contributed by atoms with Crippen molar-refractivity contribution >= 4 is 124 Å². The Balaban J connectivity index is 0.000000755. The number of aliphatic imine (C=N–C) groups is 4. The zero-order valence-electron chi connectivity index (χ0n) is 30.6. The van der Waals surface area contributed by atoms with Crippen molar-refractivity contribution in [1.82, 2.24) is 0 Å². The van der Waals surface area contributed by atoms with E-state index in [9.17, 15) is 0 Å². The molecule has 0 saturated heterocycles. The SMILES string of the molecule is Cc1cccc(C)c1N=C1C(=Nc2ccc(N=C3C(=Nc4c(C)cccc4C)c4cccc5cccc3c45)cc2)c2cccc3cccc1c23.[Br][Ni][Br].[Br][Ni][Br]. The molecule has 0 aromatic heterocycles. The molecule has 0 radical (unpaired) electrons. The molecule has 0 bridgehead atoms. The van der Waals surface area contributed by atoms with Gasteiger partial charge in [-0.15, -0.1) is 0 Å². The second-order valence-electron chi connectivity index (χ2n) is 13.3. The van der Waals surface area contributed by atoms with Crippen molar-refractivity contribution in [3.63, 3.8) is 0 Å². The van der Waals surface area contributed by atoms with Crippen molar-refractivity contribution in [3.05, 3.63) is 178 Å². The summed E-state index contributed by atoms with van der Waals surface area (Å²) in [6, 6.07) is 46.6. The first kappa shape index (κ1) is 40.8. The number of nitrogens with zero attached hydrogens (tertiary/aromatic N) is 4. The van der Waals surface area contributed by atoms with E-state index in [0.717, 1.165) is 90.1 Å². The van der Waals surface area contributed by atoms with Gasteiger partial charge in [-0.05, 0) is 85.0 Å². The standard InChI is InChI=1S/C46H34N4.4BrH.2Ni/c1-27-11-5-12-28(2)41(27)49-45-37-21-9-17-31-15-7-19-35(39(31)37)43(45)47-33-23-25-34(26-24-33)48-44-36-20-8-16-32-18-10-22-38(40(32)36)46(44)50-42-29(3)13-6-14-30(42)4;;;;;;/h5-26H,1-4H3;4*1H;;/q;;;;;2*+2/p-4. The average molecular weight is 1080 g/mol. The average Bonchev–Trinajstić information content (AvgIpc) is 3.65. The summed E-state index contributed by atoms with van der Waals surface area (Å²) in [6.07, 6.45) is 0. The normalized spacial score (nSPS) is 15.6. The maximum absolute atomic E-state index is 5.30. The van der Waals surface area contributed by atoms with E-state index in [1.807, 2.05) is 0 Å². The second-order valence-corrected chi connectivity index (χ2v) is 23.3. The van der Waals surface area contributed by atoms with E-state index in [0.29, 0.717) is 0 Å². The number of benzene rings is 7. The molecule has 9 rings (SSSR count). The van der Waals surface area contributed by atoms with E-state index in [4.69, 9.17) is 20.0 Å². The fourth-order valence-electron chi connectivity index (χ4n) is 7.48. The van der Waals surface area contributed by atoms with E-state index in [-0.39, 0.29) is 0 Å². The van der Waals surface area contributed by atoms with Gasteiger partial charge < -0.3 is 0 Å². The van der Waals surface area contributed by atoms with Gasteiger partial charge in [0, 0.05) is 33.0 Å². The summed E-state index contributed by atoms with van der Waals surface area (Å²) in [5, 5.41) is 4.79. The Morgan fingerprint density at radius 1 is 0.339 bits per heavy atom. The van der Waals surface area contributed by atoms with Gasteiger partial charge in [-0.2, -0.15) is 0 Å². The number of hydrogen-bond acceptors (Lipinski definition) is 4. The van der Waals surface area contributed by atoms with Crippen LogP contribution in [-0.2, 0) is 21.8 Å². The van der Waals surface area contributed by atoms with Crippen LogP contribution in [0.2, 0.25) is 0 Å². The van der Waals surface area contributed by atoms with Crippen molar-refractivity contribution < 1.29 is 21.8 Å². The molecule has 0 unspecified atom stereocenters. The molecule has 7 aromatic rings. The van der Waals surface area contributed by atoms with Gasteiger partial charge in [-0.1, -0.05) is 109 Å². The molecular formula is C46H34Br4N4Ni2. The van der Waals surface area contributed by atoms with Gasteiger partial charge in [0.2, 0.25) is 0 Å². The molecule has 0 N–H and O–H groups in total. The Hall–Kier alpha value is -3.35. The first-order chi connectivity index (χ1) is 27.3. The summed E-state index contributed by atoms with van der Waals surface area (Å²) in [4.78, 5) is 21.2. The molecule has 4 nitrogen and oxygen atoms in total. The fourth-order valence-corrected chi connectivity index (χ4v) is 7.48. The first-order valence-corrected chi connectivity index (χ1v) is 27.3. The van der Waals surface area contributed by atoms with Gasteiger partial charge in [0.25, 0.3) is 0 Å². The van der Waals surface area contributed by atoms with Crippen LogP contribution < -0.4 is 0 Å². The van der Waals surface area contributed by atoms with E-state index >= 15 is 0 Å². The molecule has 10 heteroatoms. The third-order valence-corrected chi connectivity index (χ3v) is 9.94. The topological polar surface area (TPSA) is 49.4 Å². The van der Waals surface area contributed by atoms with E-state index in [1.165, 1.54) is 43.3 Å². The third-order valence-electron chi connectivity index (χ3n) is 9.94. The predicted octanol–water partition coefficient (Wildman–Crippen LogP) is 15.1. The summed E-state index contributed by atoms with van der Waals surface area (Å²) < 4.78 is 0. The summed E-state index contributed by atoms with van der Waals surface area (Å²) in [7, 11) is 2.50. The van der Waals surface area contributed by atoms with Crippen LogP contribution in [0.15, 0.2) is 153 Å². The second kappa shape index (κ2) is 18.5. The van der Waals surface area contributed by atoms with Crippen molar-refractivity contribution in [2.24, 2.45) is 20.0 Å². The predicted molar refractivity (Wildman–Crippen MR) is 247 cm³/mol. The van der Waals surface area contributed by atoms with Gasteiger partial charge in [0.05, 0.1) is 45.6 Å². The Kier molecular flexibility index (Phi) is 13.5. The minimum absolute atomic E-state index is 0.851. The Morgan fingerprint density at radius 3 is 0.875 bits per heavy atom. The molecule has 0 spiro atoms. The molecule has 0 aliphatic heterocycles. The third kappa shape index (κ3) is 8.30. The Bertz CT molecular complexity index is 2500. The minimum atomic E-state index is 0.851. The van der Waals surface area contributed by atoms with Crippen LogP contribution in [0.1, 0.15) is 44.5 Å². The molecule has 56 heavy (non-hydrogen) atoms. The van der Waals surface area contributed by atoms with Crippen molar-refractivity contribution in [2.45, 2.75) is 27.7 Å². The molecule has 0 heterocycles. The Labute approximate surface area is 367 Å². The van der Waals surface area contributed by atoms with Crippen LogP contribution in [0.25, 0.3) is 21.5 Å². The van der Waals surface area contributed by atoms with Crippen molar-refractivity contribution in [2.75, 3.05) is 0 Å². The number of halogens is 4. The van der Waals surface area contributed by atoms with Gasteiger partial charge in [0.1, 0.15) is 0 Å². The molecule has 286 valence electrons. The maximum atomic E-state index is 5.30. The van der Waals surface area contributed by atoms with E-state index < -0.39 is 0 Å². The summed E-state index contributed by atoms with van der Waals surface area (Å²) in [5.41, 5.74) is 16.3. The monoisotopic (exact) mass is 1070 g/mol. The fraction of sp³-hybridized carbons (Fsp3) is 0.0870. The number of aryl methyl sites for hydroxylation is 4. The first-order valence-electron chi connectivity index (χ1n) is 17.6. The van der Waals surface area contributed by atoms with Gasteiger partial charge >= 0.3 is 78.7 Å².